The predicted octanol–water partition coefficient (Wildman–Crippen LogP) is 5.20. The molecule has 0 amide bonds. The van der Waals surface area contributed by atoms with Crippen LogP contribution < -0.4 is 4.57 Å². The molecule has 0 N–H and O–H groups in total. The molecule has 0 aliphatic carbocycles. The Morgan fingerprint density at radius 2 is 2.06 bits per heavy atom. The fraction of sp³-hybridized carbons (Fsp3) is 0.440. The fourth-order valence-corrected chi connectivity index (χ4v) is 5.79. The van der Waals surface area contributed by atoms with Gasteiger partial charge >= 0.3 is 0 Å². The van der Waals surface area contributed by atoms with E-state index in [-0.39, 0.29) is 5.82 Å². The van der Waals surface area contributed by atoms with Crippen molar-refractivity contribution in [2.75, 3.05) is 6.54 Å². The maximum absolute atomic E-state index is 13.7. The van der Waals surface area contributed by atoms with E-state index < -0.39 is 0 Å². The van der Waals surface area contributed by atoms with Crippen LogP contribution in [0.25, 0.3) is 11.3 Å². The summed E-state index contributed by atoms with van der Waals surface area (Å²) in [5.41, 5.74) is 6.55. The van der Waals surface area contributed by atoms with Gasteiger partial charge in [-0.05, 0) is 57.0 Å². The number of rotatable bonds is 6. The second-order valence-electron chi connectivity index (χ2n) is 8.18. The molecule has 0 spiro atoms. The first-order valence-corrected chi connectivity index (χ1v) is 12.0. The van der Waals surface area contributed by atoms with Crippen LogP contribution in [0.4, 0.5) is 4.39 Å². The van der Waals surface area contributed by atoms with Crippen molar-refractivity contribution in [1.82, 2.24) is 14.7 Å². The average molecular weight is 440 g/mol. The molecule has 0 atom stereocenters. The number of allylic oxidation sites excluding steroid dienone is 2. The van der Waals surface area contributed by atoms with Crippen molar-refractivity contribution >= 4 is 11.3 Å². The number of aromatic nitrogens is 3. The number of benzene rings is 1. The molecule has 31 heavy (non-hydrogen) atoms. The third kappa shape index (κ3) is 4.18. The lowest BCUT2D eigenvalue weighted by atomic mass is 10.1. The number of thiazole rings is 1. The maximum atomic E-state index is 13.7. The van der Waals surface area contributed by atoms with E-state index in [0.29, 0.717) is 5.56 Å². The molecule has 4 rings (SSSR count). The Kier molecular flexibility index (Phi) is 6.28. The van der Waals surface area contributed by atoms with E-state index >= 15 is 0 Å². The van der Waals surface area contributed by atoms with Gasteiger partial charge in [0.2, 0.25) is 5.01 Å². The molecule has 0 fully saturated rings. The van der Waals surface area contributed by atoms with Crippen LogP contribution in [0.1, 0.15) is 47.6 Å². The Morgan fingerprint density at radius 3 is 2.74 bits per heavy atom. The third-order valence-electron chi connectivity index (χ3n) is 6.30. The zero-order valence-electron chi connectivity index (χ0n) is 19.2. The van der Waals surface area contributed by atoms with Gasteiger partial charge in [0, 0.05) is 30.4 Å². The quantitative estimate of drug-likeness (QED) is 0.493. The van der Waals surface area contributed by atoms with E-state index in [9.17, 15) is 4.39 Å². The molecule has 2 aromatic heterocycles. The number of fused-ring (bicyclic) bond motifs is 1. The van der Waals surface area contributed by atoms with E-state index in [1.165, 1.54) is 33.0 Å². The first-order chi connectivity index (χ1) is 14.9. The van der Waals surface area contributed by atoms with Crippen LogP contribution in [0, 0.1) is 19.7 Å². The van der Waals surface area contributed by atoms with Crippen LogP contribution in [0.2, 0.25) is 0 Å². The summed E-state index contributed by atoms with van der Waals surface area (Å²) in [6, 6.07) is 7.37. The lowest BCUT2D eigenvalue weighted by Gasteiger charge is -2.29. The molecule has 164 valence electrons. The Balaban J connectivity index is 1.57. The van der Waals surface area contributed by atoms with Crippen LogP contribution >= 0.6 is 11.3 Å². The highest BCUT2D eigenvalue weighted by Gasteiger charge is 2.29. The van der Waals surface area contributed by atoms with Crippen molar-refractivity contribution in [3.63, 3.8) is 0 Å². The molecule has 1 aliphatic rings. The van der Waals surface area contributed by atoms with Gasteiger partial charge in [-0.3, -0.25) is 4.68 Å². The summed E-state index contributed by atoms with van der Waals surface area (Å²) in [7, 11) is 0. The largest absolute Gasteiger partial charge is 0.368 e. The molecular weight excluding hydrogens is 407 g/mol. The number of aryl methyl sites for hydroxylation is 3. The molecule has 0 saturated carbocycles. The van der Waals surface area contributed by atoms with E-state index in [1.54, 1.807) is 6.92 Å². The standard InChI is InChI=1S/C25H32FN4S/c1-6-20-14-23(19-9-10-22(26)17(4)13-19)27-30(20)15-21(7-2)28-12-11-24-25(16-28)31-18(5)29(24)8-3/h7,9-10,13-14H,6,8,11-12,15-16H2,1-5H3/q+1. The van der Waals surface area contributed by atoms with Gasteiger partial charge in [0.1, 0.15) is 12.4 Å². The molecule has 1 aromatic carbocycles. The monoisotopic (exact) mass is 439 g/mol. The van der Waals surface area contributed by atoms with Gasteiger partial charge < -0.3 is 4.90 Å². The summed E-state index contributed by atoms with van der Waals surface area (Å²) in [6.45, 7) is 14.4. The summed E-state index contributed by atoms with van der Waals surface area (Å²) >= 11 is 1.93. The molecule has 0 unspecified atom stereocenters. The number of hydrogen-bond donors (Lipinski definition) is 0. The molecule has 4 nitrogen and oxygen atoms in total. The predicted molar refractivity (Wildman–Crippen MR) is 125 cm³/mol. The van der Waals surface area contributed by atoms with Crippen molar-refractivity contribution < 1.29 is 8.96 Å². The Bertz CT molecular complexity index is 1120. The normalized spacial score (nSPS) is 14.3. The van der Waals surface area contributed by atoms with Gasteiger partial charge in [-0.1, -0.05) is 24.3 Å². The molecule has 0 saturated heterocycles. The minimum absolute atomic E-state index is 0.173. The molecule has 3 heterocycles. The molecule has 0 bridgehead atoms. The first-order valence-electron chi connectivity index (χ1n) is 11.2. The number of halogens is 1. The molecule has 6 heteroatoms. The van der Waals surface area contributed by atoms with Crippen LogP contribution in [0.5, 0.6) is 0 Å². The van der Waals surface area contributed by atoms with E-state index in [2.05, 4.69) is 54.0 Å². The minimum atomic E-state index is -0.173. The van der Waals surface area contributed by atoms with Gasteiger partial charge in [0.15, 0.2) is 5.69 Å². The highest BCUT2D eigenvalue weighted by Crippen LogP contribution is 2.27. The van der Waals surface area contributed by atoms with Crippen molar-refractivity contribution in [2.24, 2.45) is 0 Å². The zero-order chi connectivity index (χ0) is 22.1. The topological polar surface area (TPSA) is 24.9 Å². The maximum Gasteiger partial charge on any atom is 0.234 e. The van der Waals surface area contributed by atoms with Crippen molar-refractivity contribution in [3.05, 3.63) is 68.7 Å². The highest BCUT2D eigenvalue weighted by atomic mass is 32.1. The summed E-state index contributed by atoms with van der Waals surface area (Å²) in [4.78, 5) is 3.99. The molecule has 1 aliphatic heterocycles. The first kappa shape index (κ1) is 21.8. The van der Waals surface area contributed by atoms with Crippen LogP contribution in [-0.2, 0) is 32.5 Å². The fourth-order valence-electron chi connectivity index (χ4n) is 4.53. The van der Waals surface area contributed by atoms with Crippen molar-refractivity contribution in [1.29, 1.82) is 0 Å². The Labute approximate surface area is 188 Å². The van der Waals surface area contributed by atoms with Crippen molar-refractivity contribution in [2.45, 2.75) is 67.1 Å². The SMILES string of the molecule is CC=C(Cn1nc(-c2ccc(F)c(C)c2)cc1CC)N1CCc2c(sc(C)[n+]2CC)C1. The van der Waals surface area contributed by atoms with Crippen LogP contribution in [0.15, 0.2) is 36.0 Å². The van der Waals surface area contributed by atoms with E-state index in [4.69, 9.17) is 5.10 Å². The zero-order valence-corrected chi connectivity index (χ0v) is 20.0. The van der Waals surface area contributed by atoms with Crippen LogP contribution in [0.3, 0.4) is 0 Å². The van der Waals surface area contributed by atoms with Gasteiger partial charge in [-0.15, -0.1) is 0 Å². The van der Waals surface area contributed by atoms with E-state index in [0.717, 1.165) is 50.3 Å². The molecule has 3 aromatic rings. The van der Waals surface area contributed by atoms with Crippen molar-refractivity contribution in [3.8, 4) is 11.3 Å². The summed E-state index contributed by atoms with van der Waals surface area (Å²) in [5, 5.41) is 6.30. The molecular formula is C25H32FN4S+. The Hall–Kier alpha value is -2.47. The average Bonchev–Trinajstić information content (AvgIpc) is 3.32. The van der Waals surface area contributed by atoms with Gasteiger partial charge in [0.25, 0.3) is 0 Å². The smallest absolute Gasteiger partial charge is 0.234 e. The number of nitrogens with zero attached hydrogens (tertiary/aromatic N) is 4. The number of hydrogen-bond acceptors (Lipinski definition) is 3. The second-order valence-corrected chi connectivity index (χ2v) is 9.47. The second kappa shape index (κ2) is 8.95. The van der Waals surface area contributed by atoms with Gasteiger partial charge in [-0.2, -0.15) is 9.67 Å². The molecule has 0 radical (unpaired) electrons. The van der Waals surface area contributed by atoms with Crippen LogP contribution in [-0.4, -0.2) is 21.2 Å². The lowest BCUT2D eigenvalue weighted by Crippen LogP contribution is -2.42. The van der Waals surface area contributed by atoms with E-state index in [1.807, 2.05) is 23.5 Å². The minimum Gasteiger partial charge on any atom is -0.368 e. The third-order valence-corrected chi connectivity index (χ3v) is 7.43. The highest BCUT2D eigenvalue weighted by molar-refractivity contribution is 7.11. The summed E-state index contributed by atoms with van der Waals surface area (Å²) in [6.07, 6.45) is 4.22. The summed E-state index contributed by atoms with van der Waals surface area (Å²) < 4.78 is 18.3. The van der Waals surface area contributed by atoms with Gasteiger partial charge in [-0.25, -0.2) is 4.39 Å². The lowest BCUT2D eigenvalue weighted by molar-refractivity contribution is -0.702. The Morgan fingerprint density at radius 1 is 1.26 bits per heavy atom. The summed E-state index contributed by atoms with van der Waals surface area (Å²) in [5.74, 6) is -0.173. The van der Waals surface area contributed by atoms with Gasteiger partial charge in [0.05, 0.1) is 30.1 Å².